The van der Waals surface area contributed by atoms with Gasteiger partial charge in [-0.2, -0.15) is 0 Å². The van der Waals surface area contributed by atoms with Crippen molar-refractivity contribution in [2.24, 2.45) is 0 Å². The highest BCUT2D eigenvalue weighted by Crippen LogP contribution is 2.28. The van der Waals surface area contributed by atoms with E-state index in [0.717, 1.165) is 48.4 Å². The van der Waals surface area contributed by atoms with Crippen LogP contribution in [0.25, 0.3) is 10.9 Å². The summed E-state index contributed by atoms with van der Waals surface area (Å²) in [4.78, 5) is 6.83. The molecule has 20 heavy (non-hydrogen) atoms. The maximum Gasteiger partial charge on any atom is 0.0854 e. The van der Waals surface area contributed by atoms with Crippen LogP contribution in [-0.2, 0) is 11.3 Å². The van der Waals surface area contributed by atoms with Gasteiger partial charge < -0.3 is 14.7 Å². The van der Waals surface area contributed by atoms with Gasteiger partial charge in [-0.1, -0.05) is 18.2 Å². The van der Waals surface area contributed by atoms with E-state index in [2.05, 4.69) is 22.9 Å². The second-order valence-corrected chi connectivity index (χ2v) is 5.29. The number of pyridine rings is 1. The molecule has 1 aliphatic rings. The topological polar surface area (TPSA) is 45.6 Å². The van der Waals surface area contributed by atoms with Crippen LogP contribution in [0.2, 0.25) is 0 Å². The third kappa shape index (κ3) is 2.62. The summed E-state index contributed by atoms with van der Waals surface area (Å²) in [6, 6.07) is 10.1. The minimum atomic E-state index is -0.0300. The molecule has 0 spiro atoms. The van der Waals surface area contributed by atoms with E-state index in [1.54, 1.807) is 0 Å². The highest BCUT2D eigenvalue weighted by atomic mass is 16.5. The lowest BCUT2D eigenvalue weighted by molar-refractivity contribution is 0.0821. The first-order valence-electron chi connectivity index (χ1n) is 7.14. The lowest BCUT2D eigenvalue weighted by Gasteiger charge is -2.26. The average molecular weight is 272 g/mol. The van der Waals surface area contributed by atoms with Gasteiger partial charge in [-0.25, -0.2) is 0 Å². The molecule has 2 aromatic rings. The number of rotatable bonds is 2. The molecule has 1 aromatic heterocycles. The van der Waals surface area contributed by atoms with Crippen molar-refractivity contribution < 1.29 is 9.84 Å². The van der Waals surface area contributed by atoms with E-state index in [1.165, 1.54) is 0 Å². The van der Waals surface area contributed by atoms with E-state index in [0.29, 0.717) is 0 Å². The van der Waals surface area contributed by atoms with Crippen molar-refractivity contribution in [3.05, 3.63) is 36.0 Å². The number of aliphatic hydroxyl groups is 1. The first kappa shape index (κ1) is 13.3. The Hall–Kier alpha value is -1.65. The van der Waals surface area contributed by atoms with E-state index in [4.69, 9.17) is 4.74 Å². The molecule has 4 nitrogen and oxygen atoms in total. The van der Waals surface area contributed by atoms with Gasteiger partial charge in [0.2, 0.25) is 0 Å². The smallest absolute Gasteiger partial charge is 0.0854 e. The molecule has 106 valence electrons. The molecule has 2 heterocycles. The highest BCUT2D eigenvalue weighted by Gasteiger charge is 2.18. The largest absolute Gasteiger partial charge is 0.390 e. The summed E-state index contributed by atoms with van der Waals surface area (Å²) < 4.78 is 5.72. The van der Waals surface area contributed by atoms with Crippen LogP contribution >= 0.6 is 0 Å². The molecule has 1 unspecified atom stereocenters. The number of para-hydroxylation sites is 1. The van der Waals surface area contributed by atoms with E-state index < -0.39 is 0 Å². The van der Waals surface area contributed by atoms with E-state index in [1.807, 2.05) is 24.3 Å². The fourth-order valence-electron chi connectivity index (χ4n) is 2.77. The summed E-state index contributed by atoms with van der Waals surface area (Å²) in [7, 11) is 0. The Labute approximate surface area is 119 Å². The highest BCUT2D eigenvalue weighted by molar-refractivity contribution is 5.92. The Bertz CT molecular complexity index is 600. The van der Waals surface area contributed by atoms with Gasteiger partial charge >= 0.3 is 0 Å². The van der Waals surface area contributed by atoms with Crippen molar-refractivity contribution in [3.8, 4) is 0 Å². The standard InChI is InChI=1S/C16H20N2O2/c1-12-10-18(7-4-8-20-12)16-9-13(11-19)17-15-6-3-2-5-14(15)16/h2-3,5-6,9,12,19H,4,7-8,10-11H2,1H3. The van der Waals surface area contributed by atoms with Crippen molar-refractivity contribution in [1.82, 2.24) is 4.98 Å². The number of anilines is 1. The Kier molecular flexibility index (Phi) is 3.85. The van der Waals surface area contributed by atoms with Gasteiger partial charge in [0.05, 0.1) is 23.9 Å². The second-order valence-electron chi connectivity index (χ2n) is 5.29. The summed E-state index contributed by atoms with van der Waals surface area (Å²) in [5, 5.41) is 10.6. The zero-order chi connectivity index (χ0) is 13.9. The Morgan fingerprint density at radius 2 is 2.25 bits per heavy atom. The molecule has 1 atom stereocenters. The second kappa shape index (κ2) is 5.77. The summed E-state index contributed by atoms with van der Waals surface area (Å²) in [5.41, 5.74) is 2.81. The molecular weight excluding hydrogens is 252 g/mol. The van der Waals surface area contributed by atoms with Crippen LogP contribution in [0.15, 0.2) is 30.3 Å². The molecule has 1 aromatic carbocycles. The van der Waals surface area contributed by atoms with Gasteiger partial charge in [0.1, 0.15) is 0 Å². The monoisotopic (exact) mass is 272 g/mol. The maximum atomic E-state index is 9.42. The molecule has 1 fully saturated rings. The number of aliphatic hydroxyl groups excluding tert-OH is 1. The number of hydrogen-bond donors (Lipinski definition) is 1. The van der Waals surface area contributed by atoms with Crippen LogP contribution in [0.1, 0.15) is 19.0 Å². The maximum absolute atomic E-state index is 9.42. The van der Waals surface area contributed by atoms with Crippen molar-refractivity contribution in [1.29, 1.82) is 0 Å². The van der Waals surface area contributed by atoms with Crippen molar-refractivity contribution in [3.63, 3.8) is 0 Å². The normalized spacial score (nSPS) is 20.1. The molecule has 3 rings (SSSR count). The fraction of sp³-hybridized carbons (Fsp3) is 0.438. The van der Waals surface area contributed by atoms with Crippen LogP contribution in [0.4, 0.5) is 5.69 Å². The SMILES string of the molecule is CC1CN(c2cc(CO)nc3ccccc23)CCCO1. The third-order valence-corrected chi connectivity index (χ3v) is 3.70. The quantitative estimate of drug-likeness (QED) is 0.911. The van der Waals surface area contributed by atoms with Crippen molar-refractivity contribution in [2.45, 2.75) is 26.1 Å². The fourth-order valence-corrected chi connectivity index (χ4v) is 2.77. The van der Waals surface area contributed by atoms with Gasteiger partial charge in [0.15, 0.2) is 0 Å². The van der Waals surface area contributed by atoms with E-state index in [-0.39, 0.29) is 12.7 Å². The van der Waals surface area contributed by atoms with Gasteiger partial charge in [-0.15, -0.1) is 0 Å². The van der Waals surface area contributed by atoms with Gasteiger partial charge in [-0.05, 0) is 25.5 Å². The molecule has 4 heteroatoms. The molecule has 0 radical (unpaired) electrons. The lowest BCUT2D eigenvalue weighted by Crippen LogP contribution is -2.30. The molecule has 1 N–H and O–H groups in total. The van der Waals surface area contributed by atoms with Gasteiger partial charge in [0.25, 0.3) is 0 Å². The first-order valence-corrected chi connectivity index (χ1v) is 7.14. The van der Waals surface area contributed by atoms with Crippen molar-refractivity contribution >= 4 is 16.6 Å². The summed E-state index contributed by atoms with van der Waals surface area (Å²) in [6.45, 7) is 4.74. The zero-order valence-electron chi connectivity index (χ0n) is 11.7. The molecule has 0 aliphatic carbocycles. The van der Waals surface area contributed by atoms with Crippen LogP contribution in [0.5, 0.6) is 0 Å². The average Bonchev–Trinajstić information content (AvgIpc) is 2.70. The number of hydrogen-bond acceptors (Lipinski definition) is 4. The molecule has 0 saturated carbocycles. The Balaban J connectivity index is 2.08. The van der Waals surface area contributed by atoms with Crippen LogP contribution in [0, 0.1) is 0 Å². The van der Waals surface area contributed by atoms with Crippen LogP contribution in [0.3, 0.4) is 0 Å². The number of nitrogens with zero attached hydrogens (tertiary/aromatic N) is 2. The minimum absolute atomic E-state index is 0.0300. The third-order valence-electron chi connectivity index (χ3n) is 3.70. The number of ether oxygens (including phenoxy) is 1. The predicted molar refractivity (Wildman–Crippen MR) is 79.9 cm³/mol. The van der Waals surface area contributed by atoms with Crippen LogP contribution < -0.4 is 4.90 Å². The van der Waals surface area contributed by atoms with Gasteiger partial charge in [-0.3, -0.25) is 4.98 Å². The molecular formula is C16H20N2O2. The Morgan fingerprint density at radius 1 is 1.40 bits per heavy atom. The number of aromatic nitrogens is 1. The minimum Gasteiger partial charge on any atom is -0.390 e. The molecule has 0 bridgehead atoms. The zero-order valence-corrected chi connectivity index (χ0v) is 11.7. The summed E-state index contributed by atoms with van der Waals surface area (Å²) in [6.07, 6.45) is 1.25. The summed E-state index contributed by atoms with van der Waals surface area (Å²) in [5.74, 6) is 0. The number of benzene rings is 1. The Morgan fingerprint density at radius 3 is 3.10 bits per heavy atom. The van der Waals surface area contributed by atoms with E-state index >= 15 is 0 Å². The predicted octanol–water partition coefficient (Wildman–Crippen LogP) is 2.34. The van der Waals surface area contributed by atoms with E-state index in [9.17, 15) is 5.11 Å². The van der Waals surface area contributed by atoms with Gasteiger partial charge in [0, 0.05) is 30.8 Å². The lowest BCUT2D eigenvalue weighted by atomic mass is 10.1. The molecule has 1 aliphatic heterocycles. The molecule has 1 saturated heterocycles. The molecule has 0 amide bonds. The van der Waals surface area contributed by atoms with Crippen molar-refractivity contribution in [2.75, 3.05) is 24.6 Å². The first-order chi connectivity index (χ1) is 9.78. The van der Waals surface area contributed by atoms with Crippen LogP contribution in [-0.4, -0.2) is 35.9 Å². The summed E-state index contributed by atoms with van der Waals surface area (Å²) >= 11 is 0. The number of fused-ring (bicyclic) bond motifs is 1.